The summed E-state index contributed by atoms with van der Waals surface area (Å²) in [6, 6.07) is 3.80. The van der Waals surface area contributed by atoms with Crippen LogP contribution in [0.5, 0.6) is 0 Å². The third kappa shape index (κ3) is 4.25. The molecule has 9 heteroatoms. The second-order valence-electron chi connectivity index (χ2n) is 6.34. The quantitative estimate of drug-likeness (QED) is 0.629. The van der Waals surface area contributed by atoms with E-state index in [1.54, 1.807) is 6.92 Å². The van der Waals surface area contributed by atoms with Gasteiger partial charge in [0.2, 0.25) is 0 Å². The number of nitrogens with one attached hydrogen (secondary N) is 1. The van der Waals surface area contributed by atoms with Gasteiger partial charge in [0.15, 0.2) is 16.0 Å². The van der Waals surface area contributed by atoms with Gasteiger partial charge in [-0.3, -0.25) is 10.1 Å². The van der Waals surface area contributed by atoms with Gasteiger partial charge in [-0.25, -0.2) is 14.8 Å². The number of aromatic nitrogens is 3. The van der Waals surface area contributed by atoms with Crippen molar-refractivity contribution in [2.45, 2.75) is 27.2 Å². The molecule has 142 valence electrons. The van der Waals surface area contributed by atoms with E-state index in [2.05, 4.69) is 29.1 Å². The van der Waals surface area contributed by atoms with Crippen LogP contribution in [-0.4, -0.2) is 33.5 Å². The minimum Gasteiger partial charge on any atom is -0.464 e. The zero-order valence-corrected chi connectivity index (χ0v) is 17.1. The van der Waals surface area contributed by atoms with E-state index >= 15 is 0 Å². The van der Waals surface area contributed by atoms with Crippen LogP contribution in [0.25, 0.3) is 5.13 Å². The lowest BCUT2D eigenvalue weighted by Crippen LogP contribution is -2.12. The lowest BCUT2D eigenvalue weighted by atomic mass is 10.1. The minimum atomic E-state index is -0.494. The fraction of sp³-hybridized carbons (Fsp3) is 0.333. The molecule has 0 radical (unpaired) electrons. The fourth-order valence-electron chi connectivity index (χ4n) is 2.49. The maximum atomic E-state index is 12.7. The van der Waals surface area contributed by atoms with Crippen molar-refractivity contribution in [2.75, 3.05) is 12.4 Å². The maximum absolute atomic E-state index is 12.7. The molecule has 3 heterocycles. The molecule has 0 unspecified atom stereocenters. The average molecular weight is 405 g/mol. The van der Waals surface area contributed by atoms with Crippen molar-refractivity contribution >= 4 is 39.7 Å². The first-order chi connectivity index (χ1) is 12.9. The van der Waals surface area contributed by atoms with Crippen LogP contribution in [-0.2, 0) is 11.2 Å². The topological polar surface area (TPSA) is 86.1 Å². The molecule has 0 aliphatic rings. The van der Waals surface area contributed by atoms with Crippen LogP contribution in [0, 0.1) is 12.8 Å². The van der Waals surface area contributed by atoms with Crippen LogP contribution in [0.1, 0.15) is 44.6 Å². The number of rotatable bonds is 6. The average Bonchev–Trinajstić information content (AvgIpc) is 3.33. The predicted molar refractivity (Wildman–Crippen MR) is 106 cm³/mol. The molecule has 1 amide bonds. The molecule has 0 saturated heterocycles. The van der Waals surface area contributed by atoms with Gasteiger partial charge in [0.25, 0.3) is 5.91 Å². The van der Waals surface area contributed by atoms with Gasteiger partial charge in [-0.05, 0) is 31.4 Å². The van der Waals surface area contributed by atoms with E-state index in [1.165, 1.54) is 29.8 Å². The summed E-state index contributed by atoms with van der Waals surface area (Å²) in [4.78, 5) is 34.7. The number of carbonyl (C=O) groups excluding carboxylic acids is 2. The minimum absolute atomic E-state index is 0.264. The molecule has 3 rings (SSSR count). The Balaban J connectivity index is 1.84. The van der Waals surface area contributed by atoms with Gasteiger partial charge in [-0.2, -0.15) is 0 Å². The highest BCUT2D eigenvalue weighted by atomic mass is 32.1. The van der Waals surface area contributed by atoms with Gasteiger partial charge in [-0.1, -0.05) is 25.2 Å². The third-order valence-corrected chi connectivity index (χ3v) is 5.87. The van der Waals surface area contributed by atoms with Crippen molar-refractivity contribution in [3.8, 4) is 5.13 Å². The molecular weight excluding hydrogens is 384 g/mol. The molecule has 0 bridgehead atoms. The van der Waals surface area contributed by atoms with Crippen molar-refractivity contribution < 1.29 is 14.3 Å². The summed E-state index contributed by atoms with van der Waals surface area (Å²) in [5.74, 6) is -0.429. The Kier molecular flexibility index (Phi) is 5.71. The van der Waals surface area contributed by atoms with E-state index in [9.17, 15) is 9.59 Å². The molecule has 27 heavy (non-hydrogen) atoms. The summed E-state index contributed by atoms with van der Waals surface area (Å²) in [7, 11) is 1.32. The number of hydrogen-bond acceptors (Lipinski definition) is 7. The number of anilines is 1. The number of esters is 1. The van der Waals surface area contributed by atoms with E-state index < -0.39 is 5.97 Å². The van der Waals surface area contributed by atoms with Gasteiger partial charge in [0, 0.05) is 17.3 Å². The van der Waals surface area contributed by atoms with Crippen LogP contribution in [0.4, 0.5) is 5.13 Å². The molecule has 0 saturated carbocycles. The van der Waals surface area contributed by atoms with E-state index in [1.807, 2.05) is 29.1 Å². The SMILES string of the molecule is COC(=O)c1nc(NC(=O)c2sc(-n3cccc3)nc2C)sc1CC(C)C. The Morgan fingerprint density at radius 2 is 1.93 bits per heavy atom. The van der Waals surface area contributed by atoms with E-state index in [4.69, 9.17) is 4.74 Å². The van der Waals surface area contributed by atoms with Crippen molar-refractivity contribution in [3.05, 3.63) is 45.7 Å². The second-order valence-corrected chi connectivity index (χ2v) is 8.40. The third-order valence-electron chi connectivity index (χ3n) is 3.71. The zero-order chi connectivity index (χ0) is 19.6. The van der Waals surface area contributed by atoms with Gasteiger partial charge >= 0.3 is 5.97 Å². The molecule has 3 aromatic heterocycles. The molecular formula is C18H20N4O3S2. The van der Waals surface area contributed by atoms with Crippen LogP contribution in [0.2, 0.25) is 0 Å². The lowest BCUT2D eigenvalue weighted by Gasteiger charge is -2.02. The largest absolute Gasteiger partial charge is 0.464 e. The molecule has 0 aromatic carbocycles. The summed E-state index contributed by atoms with van der Waals surface area (Å²) in [5, 5.41) is 3.89. The smallest absolute Gasteiger partial charge is 0.357 e. The molecule has 0 fully saturated rings. The molecule has 1 N–H and O–H groups in total. The zero-order valence-electron chi connectivity index (χ0n) is 15.5. The van der Waals surface area contributed by atoms with Gasteiger partial charge in [0.05, 0.1) is 12.8 Å². The van der Waals surface area contributed by atoms with Crippen LogP contribution >= 0.6 is 22.7 Å². The van der Waals surface area contributed by atoms with Gasteiger partial charge < -0.3 is 9.30 Å². The monoisotopic (exact) mass is 404 g/mol. The van der Waals surface area contributed by atoms with E-state index in [0.29, 0.717) is 28.0 Å². The summed E-state index contributed by atoms with van der Waals surface area (Å²) in [5.41, 5.74) is 0.911. The normalized spacial score (nSPS) is 11.0. The second kappa shape index (κ2) is 8.01. The number of methoxy groups -OCH3 is 1. The summed E-state index contributed by atoms with van der Waals surface area (Å²) >= 11 is 2.60. The first kappa shape index (κ1) is 19.2. The number of aryl methyl sites for hydroxylation is 1. The molecule has 0 spiro atoms. The summed E-state index contributed by atoms with van der Waals surface area (Å²) < 4.78 is 6.66. The molecule has 0 atom stereocenters. The first-order valence-electron chi connectivity index (χ1n) is 8.39. The van der Waals surface area contributed by atoms with Crippen LogP contribution in [0.3, 0.4) is 0 Å². The number of nitrogens with zero attached hydrogens (tertiary/aromatic N) is 3. The molecule has 3 aromatic rings. The molecule has 0 aliphatic carbocycles. The number of carbonyl (C=O) groups is 2. The Bertz CT molecular complexity index is 958. The molecule has 0 aliphatic heterocycles. The molecule has 7 nitrogen and oxygen atoms in total. The Morgan fingerprint density at radius 3 is 2.56 bits per heavy atom. The summed E-state index contributed by atoms with van der Waals surface area (Å²) in [6.07, 6.45) is 4.44. The Hall–Kier alpha value is -2.52. The highest BCUT2D eigenvalue weighted by Crippen LogP contribution is 2.28. The van der Waals surface area contributed by atoms with Crippen LogP contribution in [0.15, 0.2) is 24.5 Å². The number of hydrogen-bond donors (Lipinski definition) is 1. The first-order valence-corrected chi connectivity index (χ1v) is 10.0. The van der Waals surface area contributed by atoms with E-state index in [-0.39, 0.29) is 11.6 Å². The Labute approximate surface area is 165 Å². The Morgan fingerprint density at radius 1 is 1.22 bits per heavy atom. The predicted octanol–water partition coefficient (Wildman–Crippen LogP) is 3.94. The van der Waals surface area contributed by atoms with Gasteiger partial charge in [-0.15, -0.1) is 11.3 Å². The van der Waals surface area contributed by atoms with Crippen molar-refractivity contribution in [1.82, 2.24) is 14.5 Å². The fourth-order valence-corrected chi connectivity index (χ4v) is 4.58. The van der Waals surface area contributed by atoms with Gasteiger partial charge in [0.1, 0.15) is 4.88 Å². The van der Waals surface area contributed by atoms with Crippen molar-refractivity contribution in [3.63, 3.8) is 0 Å². The number of ether oxygens (including phenoxy) is 1. The maximum Gasteiger partial charge on any atom is 0.357 e. The standard InChI is InChI=1S/C18H20N4O3S2/c1-10(2)9-12-13(16(24)25-4)20-17(26-12)21-15(23)14-11(3)19-18(27-14)22-7-5-6-8-22/h5-8,10H,9H2,1-4H3,(H,20,21,23). The van der Waals surface area contributed by atoms with Crippen molar-refractivity contribution in [1.29, 1.82) is 0 Å². The number of thiazole rings is 2. The van der Waals surface area contributed by atoms with E-state index in [0.717, 1.165) is 10.0 Å². The number of amides is 1. The lowest BCUT2D eigenvalue weighted by molar-refractivity contribution is 0.0593. The highest BCUT2D eigenvalue weighted by Gasteiger charge is 2.22. The van der Waals surface area contributed by atoms with Crippen molar-refractivity contribution in [2.24, 2.45) is 5.92 Å². The summed E-state index contributed by atoms with van der Waals surface area (Å²) in [6.45, 7) is 5.91. The highest BCUT2D eigenvalue weighted by molar-refractivity contribution is 7.17. The van der Waals surface area contributed by atoms with Crippen LogP contribution < -0.4 is 5.32 Å².